The van der Waals surface area contributed by atoms with Gasteiger partial charge in [-0.25, -0.2) is 0 Å². The summed E-state index contributed by atoms with van der Waals surface area (Å²) < 4.78 is 0. The first-order valence-electron chi connectivity index (χ1n) is 2.90. The summed E-state index contributed by atoms with van der Waals surface area (Å²) in [5.74, 6) is 0.942. The Bertz CT molecular complexity index is 54.5. The van der Waals surface area contributed by atoms with E-state index in [-0.39, 0.29) is 0 Å². The zero-order valence-corrected chi connectivity index (χ0v) is 5.96. The van der Waals surface area contributed by atoms with Gasteiger partial charge in [-0.2, -0.15) is 0 Å². The van der Waals surface area contributed by atoms with Crippen LogP contribution < -0.4 is 0 Å². The molecule has 0 atom stereocenters. The van der Waals surface area contributed by atoms with E-state index >= 15 is 0 Å². The third-order valence-electron chi connectivity index (χ3n) is 0.909. The summed E-state index contributed by atoms with van der Waals surface area (Å²) in [6, 6.07) is 0. The van der Waals surface area contributed by atoms with Crippen molar-refractivity contribution < 1.29 is 4.79 Å². The molecule has 0 N–H and O–H groups in total. The lowest BCUT2D eigenvalue weighted by Crippen LogP contribution is -1.77. The van der Waals surface area contributed by atoms with Crippen LogP contribution in [0.4, 0.5) is 0 Å². The summed E-state index contributed by atoms with van der Waals surface area (Å²) in [4.78, 5) is 9.61. The van der Waals surface area contributed by atoms with Gasteiger partial charge >= 0.3 is 0 Å². The Hall–Kier alpha value is 0.0200. The predicted molar refractivity (Wildman–Crippen MR) is 37.7 cm³/mol. The lowest BCUT2D eigenvalue weighted by molar-refractivity contribution is 0.570. The number of hydrogen-bond acceptors (Lipinski definition) is 2. The topological polar surface area (TPSA) is 17.1 Å². The molecule has 0 aliphatic rings. The Labute approximate surface area is 54.8 Å². The van der Waals surface area contributed by atoms with Crippen LogP contribution >= 0.6 is 11.8 Å². The summed E-state index contributed by atoms with van der Waals surface area (Å²) in [5.41, 5.74) is 1.79. The minimum Gasteiger partial charge on any atom is -0.277 e. The molecule has 0 bridgehead atoms. The highest BCUT2D eigenvalue weighted by Gasteiger charge is 1.84. The summed E-state index contributed by atoms with van der Waals surface area (Å²) in [5, 5.41) is 0. The summed E-state index contributed by atoms with van der Waals surface area (Å²) in [7, 11) is 0. The van der Waals surface area contributed by atoms with Crippen LogP contribution in [0, 0.1) is 0 Å². The first-order chi connectivity index (χ1) is 3.91. The van der Waals surface area contributed by atoms with Crippen molar-refractivity contribution in [1.29, 1.82) is 0 Å². The molecule has 0 unspecified atom stereocenters. The average Bonchev–Trinajstić information content (AvgIpc) is 1.81. The number of rotatable bonds is 5. The van der Waals surface area contributed by atoms with E-state index in [1.165, 1.54) is 24.6 Å². The second-order valence-electron chi connectivity index (χ2n) is 1.64. The lowest BCUT2D eigenvalue weighted by Gasteiger charge is -1.89. The molecule has 0 heterocycles. The van der Waals surface area contributed by atoms with Crippen molar-refractivity contribution in [2.75, 3.05) is 5.75 Å². The van der Waals surface area contributed by atoms with Gasteiger partial charge in [-0.05, 0) is 6.42 Å². The van der Waals surface area contributed by atoms with E-state index in [9.17, 15) is 4.79 Å². The molecule has 8 heavy (non-hydrogen) atoms. The van der Waals surface area contributed by atoms with E-state index in [4.69, 9.17) is 0 Å². The van der Waals surface area contributed by atoms with E-state index in [1.54, 1.807) is 5.62 Å². The molecule has 0 amide bonds. The quantitative estimate of drug-likeness (QED) is 0.531. The van der Waals surface area contributed by atoms with Crippen LogP contribution in [0.3, 0.4) is 0 Å². The van der Waals surface area contributed by atoms with E-state index in [0.29, 0.717) is 0 Å². The van der Waals surface area contributed by atoms with Gasteiger partial charge in [0.15, 0.2) is 0 Å². The average molecular weight is 131 g/mol. The van der Waals surface area contributed by atoms with Crippen molar-refractivity contribution in [2.24, 2.45) is 0 Å². The van der Waals surface area contributed by atoms with Gasteiger partial charge in [-0.1, -0.05) is 31.5 Å². The highest BCUT2D eigenvalue weighted by Crippen LogP contribution is 2.01. The summed E-state index contributed by atoms with van der Waals surface area (Å²) in [6.45, 7) is 2.15. The van der Waals surface area contributed by atoms with Gasteiger partial charge in [0.25, 0.3) is 5.62 Å². The van der Waals surface area contributed by atoms with E-state index < -0.39 is 0 Å². The molecule has 0 aliphatic carbocycles. The van der Waals surface area contributed by atoms with Gasteiger partial charge in [0.2, 0.25) is 0 Å². The van der Waals surface area contributed by atoms with Crippen molar-refractivity contribution in [2.45, 2.75) is 26.2 Å². The van der Waals surface area contributed by atoms with Crippen molar-refractivity contribution in [3.63, 3.8) is 0 Å². The SMILES string of the molecule is CCCCCS[C]=O. The molecule has 1 nitrogen and oxygen atoms in total. The molecular formula is C6H11OS. The third-order valence-corrected chi connectivity index (χ3v) is 1.52. The first kappa shape index (κ1) is 8.02. The van der Waals surface area contributed by atoms with Crippen molar-refractivity contribution in [1.82, 2.24) is 0 Å². The fourth-order valence-electron chi connectivity index (χ4n) is 0.466. The maximum atomic E-state index is 9.61. The van der Waals surface area contributed by atoms with E-state index in [2.05, 4.69) is 6.92 Å². The molecule has 0 saturated carbocycles. The smallest absolute Gasteiger partial charge is 0.266 e. The number of unbranched alkanes of at least 4 members (excludes halogenated alkanes) is 2. The highest BCUT2D eigenvalue weighted by atomic mass is 32.2. The second-order valence-corrected chi connectivity index (χ2v) is 2.50. The Morgan fingerprint density at radius 2 is 2.25 bits per heavy atom. The van der Waals surface area contributed by atoms with Crippen LogP contribution in [0.15, 0.2) is 0 Å². The molecule has 47 valence electrons. The van der Waals surface area contributed by atoms with E-state index in [0.717, 1.165) is 12.2 Å². The number of carbonyl (C=O) groups excluding carboxylic acids is 1. The van der Waals surface area contributed by atoms with Gasteiger partial charge in [0.1, 0.15) is 0 Å². The second kappa shape index (κ2) is 7.02. The molecule has 0 aromatic carbocycles. The monoisotopic (exact) mass is 131 g/mol. The van der Waals surface area contributed by atoms with Crippen molar-refractivity contribution in [3.05, 3.63) is 0 Å². The van der Waals surface area contributed by atoms with Gasteiger partial charge in [0, 0.05) is 5.75 Å². The van der Waals surface area contributed by atoms with Gasteiger partial charge in [0.05, 0.1) is 0 Å². The van der Waals surface area contributed by atoms with Gasteiger partial charge in [-0.15, -0.1) is 0 Å². The normalized spacial score (nSPS) is 9.12. The minimum atomic E-state index is 0.942. The predicted octanol–water partition coefficient (Wildman–Crippen LogP) is 1.98. The molecule has 0 spiro atoms. The molecule has 2 heteroatoms. The number of thioether (sulfide) groups is 1. The van der Waals surface area contributed by atoms with E-state index in [1.807, 2.05) is 0 Å². The summed E-state index contributed by atoms with van der Waals surface area (Å²) in [6.07, 6.45) is 3.60. The molecule has 1 radical (unpaired) electrons. The van der Waals surface area contributed by atoms with Crippen molar-refractivity contribution in [3.8, 4) is 0 Å². The minimum absolute atomic E-state index is 0.942. The Morgan fingerprint density at radius 3 is 2.75 bits per heavy atom. The van der Waals surface area contributed by atoms with Crippen molar-refractivity contribution >= 4 is 17.4 Å². The fraction of sp³-hybridized carbons (Fsp3) is 0.833. The van der Waals surface area contributed by atoms with Crippen LogP contribution in [-0.2, 0) is 4.79 Å². The van der Waals surface area contributed by atoms with Crippen LogP contribution in [0.25, 0.3) is 0 Å². The maximum Gasteiger partial charge on any atom is 0.266 e. The molecule has 0 fully saturated rings. The number of hydrogen-bond donors (Lipinski definition) is 0. The van der Waals surface area contributed by atoms with Gasteiger partial charge in [-0.3, -0.25) is 4.79 Å². The Balaban J connectivity index is 2.62. The fourth-order valence-corrected chi connectivity index (χ4v) is 0.898. The Morgan fingerprint density at radius 1 is 1.50 bits per heavy atom. The lowest BCUT2D eigenvalue weighted by atomic mass is 10.3. The van der Waals surface area contributed by atoms with Crippen LogP contribution in [0.5, 0.6) is 0 Å². The Kier molecular flexibility index (Phi) is 7.04. The molecule has 0 aliphatic heterocycles. The van der Waals surface area contributed by atoms with Gasteiger partial charge < -0.3 is 0 Å². The largest absolute Gasteiger partial charge is 0.277 e. The molecule has 0 aromatic heterocycles. The zero-order chi connectivity index (χ0) is 6.24. The van der Waals surface area contributed by atoms with Crippen LogP contribution in [0.1, 0.15) is 26.2 Å². The van der Waals surface area contributed by atoms with Crippen LogP contribution in [0.2, 0.25) is 0 Å². The molecule has 0 aromatic rings. The standard InChI is InChI=1S/C6H11OS/c1-2-3-4-5-8-6-7/h2-5H2,1H3. The molecular weight excluding hydrogens is 120 g/mol. The summed E-state index contributed by atoms with van der Waals surface area (Å²) >= 11 is 1.24. The first-order valence-corrected chi connectivity index (χ1v) is 3.89. The maximum absolute atomic E-state index is 9.61. The third kappa shape index (κ3) is 6.02. The van der Waals surface area contributed by atoms with Crippen LogP contribution in [-0.4, -0.2) is 11.4 Å². The highest BCUT2D eigenvalue weighted by molar-refractivity contribution is 8.11. The zero-order valence-electron chi connectivity index (χ0n) is 5.14. The molecule has 0 rings (SSSR count). The molecule has 0 saturated heterocycles.